The van der Waals surface area contributed by atoms with Crippen LogP contribution >= 0.6 is 11.3 Å². The van der Waals surface area contributed by atoms with Crippen LogP contribution in [0.3, 0.4) is 0 Å². The normalized spacial score (nSPS) is 27.6. The standard InChI is InChI=1S/C9H14N2OS/c1-11(8-2-9(12)3-8)4-7-5-13-6-10-7/h5-6,8-9,12H,2-4H2,1H3. The van der Waals surface area contributed by atoms with E-state index in [1.54, 1.807) is 11.3 Å². The molecular weight excluding hydrogens is 184 g/mol. The molecule has 0 saturated heterocycles. The van der Waals surface area contributed by atoms with Gasteiger partial charge in [0, 0.05) is 18.0 Å². The molecule has 1 saturated carbocycles. The summed E-state index contributed by atoms with van der Waals surface area (Å²) in [6, 6.07) is 0.552. The molecule has 0 spiro atoms. The zero-order chi connectivity index (χ0) is 9.26. The quantitative estimate of drug-likeness (QED) is 0.790. The molecule has 1 fully saturated rings. The van der Waals surface area contributed by atoms with Gasteiger partial charge in [-0.2, -0.15) is 0 Å². The second-order valence-electron chi connectivity index (χ2n) is 3.67. The first-order valence-electron chi connectivity index (χ1n) is 4.51. The minimum Gasteiger partial charge on any atom is -0.393 e. The summed E-state index contributed by atoms with van der Waals surface area (Å²) in [5, 5.41) is 11.2. The highest BCUT2D eigenvalue weighted by Crippen LogP contribution is 2.25. The maximum atomic E-state index is 9.15. The van der Waals surface area contributed by atoms with E-state index in [9.17, 15) is 0 Å². The lowest BCUT2D eigenvalue weighted by Gasteiger charge is -2.38. The van der Waals surface area contributed by atoms with Gasteiger partial charge in [-0.3, -0.25) is 4.90 Å². The van der Waals surface area contributed by atoms with Gasteiger partial charge in [0.15, 0.2) is 0 Å². The first kappa shape index (κ1) is 9.12. The van der Waals surface area contributed by atoms with Crippen molar-refractivity contribution in [3.05, 3.63) is 16.6 Å². The molecule has 1 aromatic heterocycles. The molecule has 0 unspecified atom stereocenters. The number of aliphatic hydroxyl groups is 1. The van der Waals surface area contributed by atoms with Gasteiger partial charge in [0.25, 0.3) is 0 Å². The van der Waals surface area contributed by atoms with Crippen molar-refractivity contribution in [1.82, 2.24) is 9.88 Å². The molecule has 1 aliphatic carbocycles. The first-order chi connectivity index (χ1) is 6.25. The Morgan fingerprint density at radius 1 is 1.69 bits per heavy atom. The number of rotatable bonds is 3. The maximum Gasteiger partial charge on any atom is 0.0795 e. The number of hydrogen-bond donors (Lipinski definition) is 1. The van der Waals surface area contributed by atoms with Crippen molar-refractivity contribution in [3.63, 3.8) is 0 Å². The molecule has 72 valence electrons. The minimum absolute atomic E-state index is 0.0668. The van der Waals surface area contributed by atoms with Crippen LogP contribution in [0.4, 0.5) is 0 Å². The Labute approximate surface area is 82.0 Å². The summed E-state index contributed by atoms with van der Waals surface area (Å²) in [5.74, 6) is 0. The molecule has 0 amide bonds. The SMILES string of the molecule is CN(Cc1cscn1)C1CC(O)C1. The summed E-state index contributed by atoms with van der Waals surface area (Å²) in [5.41, 5.74) is 2.99. The Morgan fingerprint density at radius 2 is 2.46 bits per heavy atom. The van der Waals surface area contributed by atoms with Crippen LogP contribution in [0.25, 0.3) is 0 Å². The molecule has 1 heterocycles. The lowest BCUT2D eigenvalue weighted by atomic mass is 9.88. The number of aromatic nitrogens is 1. The smallest absolute Gasteiger partial charge is 0.0795 e. The average Bonchev–Trinajstić information content (AvgIpc) is 2.51. The predicted octanol–water partition coefficient (Wildman–Crippen LogP) is 1.10. The third-order valence-corrected chi connectivity index (χ3v) is 3.24. The van der Waals surface area contributed by atoms with Crippen molar-refractivity contribution in [2.45, 2.75) is 31.5 Å². The fourth-order valence-electron chi connectivity index (χ4n) is 1.62. The van der Waals surface area contributed by atoms with E-state index in [1.165, 1.54) is 0 Å². The Morgan fingerprint density at radius 3 is 3.00 bits per heavy atom. The van der Waals surface area contributed by atoms with Crippen LogP contribution in [-0.4, -0.2) is 34.2 Å². The molecule has 1 aromatic rings. The summed E-state index contributed by atoms with van der Waals surface area (Å²) in [7, 11) is 2.09. The second kappa shape index (κ2) is 3.74. The van der Waals surface area contributed by atoms with E-state index in [-0.39, 0.29) is 6.10 Å². The Kier molecular flexibility index (Phi) is 2.62. The molecule has 13 heavy (non-hydrogen) atoms. The Bertz CT molecular complexity index is 257. The highest BCUT2D eigenvalue weighted by atomic mass is 32.1. The van der Waals surface area contributed by atoms with Gasteiger partial charge in [-0.15, -0.1) is 11.3 Å². The Balaban J connectivity index is 1.82. The zero-order valence-corrected chi connectivity index (χ0v) is 8.50. The molecule has 0 aliphatic heterocycles. The predicted molar refractivity (Wildman–Crippen MR) is 52.6 cm³/mol. The van der Waals surface area contributed by atoms with Crippen LogP contribution in [0, 0.1) is 0 Å². The molecule has 0 radical (unpaired) electrons. The van der Waals surface area contributed by atoms with Gasteiger partial charge in [-0.05, 0) is 19.9 Å². The van der Waals surface area contributed by atoms with Crippen LogP contribution in [-0.2, 0) is 6.54 Å². The van der Waals surface area contributed by atoms with Crippen molar-refractivity contribution >= 4 is 11.3 Å². The highest BCUT2D eigenvalue weighted by molar-refractivity contribution is 7.07. The van der Waals surface area contributed by atoms with E-state index in [1.807, 2.05) is 5.51 Å². The van der Waals surface area contributed by atoms with Crippen molar-refractivity contribution in [2.24, 2.45) is 0 Å². The molecule has 1 aliphatic rings. The highest BCUT2D eigenvalue weighted by Gasteiger charge is 2.30. The van der Waals surface area contributed by atoms with Crippen LogP contribution < -0.4 is 0 Å². The van der Waals surface area contributed by atoms with E-state index >= 15 is 0 Å². The molecule has 2 rings (SSSR count). The van der Waals surface area contributed by atoms with Crippen molar-refractivity contribution < 1.29 is 5.11 Å². The minimum atomic E-state index is -0.0668. The van der Waals surface area contributed by atoms with Gasteiger partial charge in [0.05, 0.1) is 17.3 Å². The fourth-order valence-corrected chi connectivity index (χ4v) is 2.17. The van der Waals surface area contributed by atoms with Crippen LogP contribution in [0.2, 0.25) is 0 Å². The third kappa shape index (κ3) is 2.07. The van der Waals surface area contributed by atoms with Gasteiger partial charge >= 0.3 is 0 Å². The summed E-state index contributed by atoms with van der Waals surface area (Å²) in [4.78, 5) is 6.50. The molecule has 0 bridgehead atoms. The van der Waals surface area contributed by atoms with E-state index < -0.39 is 0 Å². The molecule has 4 heteroatoms. The number of nitrogens with zero attached hydrogens (tertiary/aromatic N) is 2. The summed E-state index contributed by atoms with van der Waals surface area (Å²) < 4.78 is 0. The maximum absolute atomic E-state index is 9.15. The number of thiazole rings is 1. The molecule has 0 atom stereocenters. The van der Waals surface area contributed by atoms with E-state index in [0.717, 1.165) is 25.1 Å². The molecule has 0 aromatic carbocycles. The van der Waals surface area contributed by atoms with Crippen molar-refractivity contribution in [1.29, 1.82) is 0 Å². The van der Waals surface area contributed by atoms with Gasteiger partial charge in [0.2, 0.25) is 0 Å². The summed E-state index contributed by atoms with van der Waals surface area (Å²) >= 11 is 1.63. The number of hydrogen-bond acceptors (Lipinski definition) is 4. The fraction of sp³-hybridized carbons (Fsp3) is 0.667. The van der Waals surface area contributed by atoms with Gasteiger partial charge in [-0.25, -0.2) is 4.98 Å². The summed E-state index contributed by atoms with van der Waals surface area (Å²) in [6.45, 7) is 0.904. The zero-order valence-electron chi connectivity index (χ0n) is 7.68. The second-order valence-corrected chi connectivity index (χ2v) is 4.39. The van der Waals surface area contributed by atoms with E-state index in [4.69, 9.17) is 5.11 Å². The van der Waals surface area contributed by atoms with Crippen molar-refractivity contribution in [2.75, 3.05) is 7.05 Å². The van der Waals surface area contributed by atoms with E-state index in [2.05, 4.69) is 22.3 Å². The van der Waals surface area contributed by atoms with Gasteiger partial charge < -0.3 is 5.11 Å². The van der Waals surface area contributed by atoms with Gasteiger partial charge in [0.1, 0.15) is 0 Å². The van der Waals surface area contributed by atoms with Crippen LogP contribution in [0.15, 0.2) is 10.9 Å². The monoisotopic (exact) mass is 198 g/mol. The van der Waals surface area contributed by atoms with Crippen LogP contribution in [0.5, 0.6) is 0 Å². The average molecular weight is 198 g/mol. The topological polar surface area (TPSA) is 36.4 Å². The van der Waals surface area contributed by atoms with Crippen LogP contribution in [0.1, 0.15) is 18.5 Å². The lowest BCUT2D eigenvalue weighted by Crippen LogP contribution is -2.44. The van der Waals surface area contributed by atoms with Crippen molar-refractivity contribution in [3.8, 4) is 0 Å². The number of aliphatic hydroxyl groups excluding tert-OH is 1. The lowest BCUT2D eigenvalue weighted by molar-refractivity contribution is 0.00890. The largest absolute Gasteiger partial charge is 0.393 e. The third-order valence-electron chi connectivity index (χ3n) is 2.61. The molecular formula is C9H14N2OS. The summed E-state index contributed by atoms with van der Waals surface area (Å²) in [6.07, 6.45) is 1.77. The van der Waals surface area contributed by atoms with E-state index in [0.29, 0.717) is 6.04 Å². The molecule has 1 N–H and O–H groups in total. The van der Waals surface area contributed by atoms with Gasteiger partial charge in [-0.1, -0.05) is 0 Å². The Hall–Kier alpha value is -0.450. The molecule has 3 nitrogen and oxygen atoms in total. The first-order valence-corrected chi connectivity index (χ1v) is 5.45.